The van der Waals surface area contributed by atoms with Gasteiger partial charge in [0.1, 0.15) is 6.10 Å². The molecule has 0 amide bonds. The summed E-state index contributed by atoms with van der Waals surface area (Å²) in [7, 11) is 0. The molecule has 0 aromatic heterocycles. The molecule has 4 heteroatoms. The number of unbranched alkanes of at least 4 members (excludes halogenated alkanes) is 13. The molecule has 0 aliphatic heterocycles. The topological polar surface area (TPSA) is 63.6 Å². The summed E-state index contributed by atoms with van der Waals surface area (Å²) in [5.41, 5.74) is 0. The van der Waals surface area contributed by atoms with Crippen molar-refractivity contribution in [3.8, 4) is 0 Å². The third-order valence-corrected chi connectivity index (χ3v) is 7.33. The minimum Gasteiger partial charge on any atom is -0.481 e. The van der Waals surface area contributed by atoms with Crippen LogP contribution in [0, 0.1) is 0 Å². The Morgan fingerprint density at radius 1 is 0.561 bits per heavy atom. The van der Waals surface area contributed by atoms with E-state index in [-0.39, 0.29) is 18.5 Å². The zero-order chi connectivity index (χ0) is 30.1. The monoisotopic (exact) mass is 572 g/mol. The van der Waals surface area contributed by atoms with Crippen LogP contribution < -0.4 is 0 Å². The summed E-state index contributed by atoms with van der Waals surface area (Å²) in [6.45, 7) is 4.41. The molecular formula is C37H64O4. The molecule has 0 rings (SSSR count). The normalized spacial score (nSPS) is 12.8. The number of ether oxygens (including phenoxy) is 1. The third kappa shape index (κ3) is 32.3. The van der Waals surface area contributed by atoms with E-state index in [9.17, 15) is 9.59 Å². The average Bonchev–Trinajstić information content (AvgIpc) is 2.95. The van der Waals surface area contributed by atoms with Gasteiger partial charge < -0.3 is 9.84 Å². The van der Waals surface area contributed by atoms with Crippen LogP contribution in [0.2, 0.25) is 0 Å². The smallest absolute Gasteiger partial charge is 0.306 e. The summed E-state index contributed by atoms with van der Waals surface area (Å²) in [4.78, 5) is 23.2. The van der Waals surface area contributed by atoms with Gasteiger partial charge in [0.2, 0.25) is 0 Å². The lowest BCUT2D eigenvalue weighted by atomic mass is 10.0. The Labute approximate surface area is 253 Å². The third-order valence-electron chi connectivity index (χ3n) is 7.33. The Kier molecular flexibility index (Phi) is 30.8. The SMILES string of the molecule is CC/C=C\C/C=C\C/C=C\C/C=C\CCC(=O)OC(CCCCCCCCCCCC)CCCCCCCC(=O)O. The zero-order valence-electron chi connectivity index (χ0n) is 26.8. The molecule has 236 valence electrons. The fourth-order valence-corrected chi connectivity index (χ4v) is 4.84. The van der Waals surface area contributed by atoms with Gasteiger partial charge in [-0.15, -0.1) is 0 Å². The molecule has 0 heterocycles. The van der Waals surface area contributed by atoms with E-state index in [1.807, 2.05) is 0 Å². The number of hydrogen-bond acceptors (Lipinski definition) is 3. The summed E-state index contributed by atoms with van der Waals surface area (Å²) in [5.74, 6) is -0.787. The molecule has 0 radical (unpaired) electrons. The molecule has 0 saturated carbocycles. The molecule has 0 fully saturated rings. The number of rotatable bonds is 30. The molecular weight excluding hydrogens is 508 g/mol. The number of carboxylic acid groups (broad SMARTS) is 1. The van der Waals surface area contributed by atoms with Crippen molar-refractivity contribution in [2.75, 3.05) is 0 Å². The van der Waals surface area contributed by atoms with Crippen molar-refractivity contribution in [1.82, 2.24) is 0 Å². The van der Waals surface area contributed by atoms with Crippen molar-refractivity contribution in [2.45, 2.75) is 174 Å². The maximum atomic E-state index is 12.5. The van der Waals surface area contributed by atoms with E-state index in [0.717, 1.165) is 83.5 Å². The van der Waals surface area contributed by atoms with Crippen molar-refractivity contribution in [3.63, 3.8) is 0 Å². The van der Waals surface area contributed by atoms with Crippen molar-refractivity contribution in [2.24, 2.45) is 0 Å². The van der Waals surface area contributed by atoms with Crippen LogP contribution in [0.4, 0.5) is 0 Å². The van der Waals surface area contributed by atoms with Crippen LogP contribution in [0.25, 0.3) is 0 Å². The summed E-state index contributed by atoms with van der Waals surface area (Å²) in [6, 6.07) is 0. The van der Waals surface area contributed by atoms with Crippen LogP contribution in [0.15, 0.2) is 48.6 Å². The Bertz CT molecular complexity index is 704. The van der Waals surface area contributed by atoms with Gasteiger partial charge in [0.15, 0.2) is 0 Å². The van der Waals surface area contributed by atoms with Crippen LogP contribution in [-0.4, -0.2) is 23.1 Å². The van der Waals surface area contributed by atoms with Crippen molar-refractivity contribution < 1.29 is 19.4 Å². The zero-order valence-corrected chi connectivity index (χ0v) is 26.8. The highest BCUT2D eigenvalue weighted by atomic mass is 16.5. The average molecular weight is 573 g/mol. The number of carboxylic acids is 1. The first kappa shape index (κ1) is 38.9. The van der Waals surface area contributed by atoms with Crippen molar-refractivity contribution in [1.29, 1.82) is 0 Å². The van der Waals surface area contributed by atoms with Crippen LogP contribution >= 0.6 is 0 Å². The van der Waals surface area contributed by atoms with Crippen molar-refractivity contribution in [3.05, 3.63) is 48.6 Å². The molecule has 0 spiro atoms. The van der Waals surface area contributed by atoms with Gasteiger partial charge in [0.25, 0.3) is 0 Å². The van der Waals surface area contributed by atoms with Crippen LogP contribution in [0.1, 0.15) is 168 Å². The van der Waals surface area contributed by atoms with Crippen molar-refractivity contribution >= 4 is 11.9 Å². The van der Waals surface area contributed by atoms with Gasteiger partial charge >= 0.3 is 11.9 Å². The molecule has 41 heavy (non-hydrogen) atoms. The van der Waals surface area contributed by atoms with E-state index in [0.29, 0.717) is 6.42 Å². The van der Waals surface area contributed by atoms with E-state index < -0.39 is 5.97 Å². The molecule has 0 aliphatic carbocycles. The van der Waals surface area contributed by atoms with E-state index in [1.54, 1.807) is 0 Å². The van der Waals surface area contributed by atoms with E-state index >= 15 is 0 Å². The standard InChI is InChI=1S/C37H64O4/c1-3-5-7-9-11-13-15-16-17-19-21-26-30-34-37(40)41-35(32-28-24-22-25-29-33-36(38)39)31-27-23-20-18-14-12-10-8-6-4-2/h5,7,11,13,16-17,21,26,35H,3-4,6,8-10,12,14-15,18-20,22-25,27-34H2,1-2H3,(H,38,39)/b7-5-,13-11-,17-16-,26-21-. The highest BCUT2D eigenvalue weighted by Crippen LogP contribution is 2.18. The van der Waals surface area contributed by atoms with Gasteiger partial charge in [-0.05, 0) is 64.2 Å². The minimum atomic E-state index is -0.709. The van der Waals surface area contributed by atoms with Gasteiger partial charge in [-0.2, -0.15) is 0 Å². The molecule has 0 bridgehead atoms. The van der Waals surface area contributed by atoms with Gasteiger partial charge in [-0.1, -0.05) is 140 Å². The summed E-state index contributed by atoms with van der Waals surface area (Å²) in [5, 5.41) is 8.78. The first-order chi connectivity index (χ1) is 20.1. The fraction of sp³-hybridized carbons (Fsp3) is 0.730. The number of carbonyl (C=O) groups excluding carboxylic acids is 1. The number of esters is 1. The van der Waals surface area contributed by atoms with Crippen LogP contribution in [-0.2, 0) is 14.3 Å². The lowest BCUT2D eigenvalue weighted by Gasteiger charge is -2.18. The maximum Gasteiger partial charge on any atom is 0.306 e. The number of allylic oxidation sites excluding steroid dienone is 8. The molecule has 0 aliphatic rings. The Morgan fingerprint density at radius 3 is 1.49 bits per heavy atom. The second-order valence-electron chi connectivity index (χ2n) is 11.3. The molecule has 4 nitrogen and oxygen atoms in total. The number of aliphatic carboxylic acids is 1. The van der Waals surface area contributed by atoms with Gasteiger partial charge in [-0.3, -0.25) is 9.59 Å². The highest BCUT2D eigenvalue weighted by Gasteiger charge is 2.14. The summed E-state index contributed by atoms with van der Waals surface area (Å²) < 4.78 is 5.92. The Hall–Kier alpha value is -2.10. The fourth-order valence-electron chi connectivity index (χ4n) is 4.84. The predicted octanol–water partition coefficient (Wildman–Crippen LogP) is 11.6. The molecule has 1 N–H and O–H groups in total. The molecule has 1 atom stereocenters. The Morgan fingerprint density at radius 2 is 1.00 bits per heavy atom. The van der Waals surface area contributed by atoms with Gasteiger partial charge in [0.05, 0.1) is 0 Å². The van der Waals surface area contributed by atoms with Crippen LogP contribution in [0.3, 0.4) is 0 Å². The number of hydrogen-bond donors (Lipinski definition) is 1. The summed E-state index contributed by atoms with van der Waals surface area (Å²) in [6.07, 6.45) is 42.6. The second-order valence-corrected chi connectivity index (χ2v) is 11.3. The lowest BCUT2D eigenvalue weighted by molar-refractivity contribution is -0.149. The lowest BCUT2D eigenvalue weighted by Crippen LogP contribution is -2.18. The quantitative estimate of drug-likeness (QED) is 0.0528. The van der Waals surface area contributed by atoms with Gasteiger partial charge in [0, 0.05) is 12.8 Å². The molecule has 1 unspecified atom stereocenters. The highest BCUT2D eigenvalue weighted by molar-refractivity contribution is 5.69. The molecule has 0 aromatic carbocycles. The first-order valence-corrected chi connectivity index (χ1v) is 17.1. The second kappa shape index (κ2) is 32.4. The molecule has 0 saturated heterocycles. The van der Waals surface area contributed by atoms with E-state index in [2.05, 4.69) is 62.5 Å². The van der Waals surface area contributed by atoms with E-state index in [4.69, 9.17) is 9.84 Å². The van der Waals surface area contributed by atoms with E-state index in [1.165, 1.54) is 57.8 Å². The Balaban J connectivity index is 4.21. The first-order valence-electron chi connectivity index (χ1n) is 17.1. The summed E-state index contributed by atoms with van der Waals surface area (Å²) >= 11 is 0. The van der Waals surface area contributed by atoms with Crippen LogP contribution in [0.5, 0.6) is 0 Å². The minimum absolute atomic E-state index is 0.0213. The predicted molar refractivity (Wildman–Crippen MR) is 176 cm³/mol. The molecule has 0 aromatic rings. The van der Waals surface area contributed by atoms with Gasteiger partial charge in [-0.25, -0.2) is 0 Å². The number of carbonyl (C=O) groups is 2. The largest absolute Gasteiger partial charge is 0.481 e. The maximum absolute atomic E-state index is 12.5.